The molecule has 0 aliphatic carbocycles. The van der Waals surface area contributed by atoms with Gasteiger partial charge in [0.25, 0.3) is 0 Å². The number of hydrogen-bond donors (Lipinski definition) is 0. The predicted octanol–water partition coefficient (Wildman–Crippen LogP) is 4.56. The standard InChI is InChI=1S/C19H32NO/c1-3-4-5-6-9-16-21-17-15-20(2)14-10-12-18-11-7-8-13-19(18)20/h7-8,11,13H,3-6,9-10,12,14-17H2,1-2H3/q+1. The maximum Gasteiger partial charge on any atom is 0.135 e. The van der Waals surface area contributed by atoms with Crippen LogP contribution in [0.5, 0.6) is 0 Å². The number of fused-ring (bicyclic) bond motifs is 1. The highest BCUT2D eigenvalue weighted by Crippen LogP contribution is 2.31. The molecule has 2 nitrogen and oxygen atoms in total. The molecule has 2 rings (SSSR count). The van der Waals surface area contributed by atoms with Crippen LogP contribution in [0.4, 0.5) is 5.69 Å². The monoisotopic (exact) mass is 290 g/mol. The second-order valence-electron chi connectivity index (χ2n) is 6.60. The lowest BCUT2D eigenvalue weighted by Gasteiger charge is -2.38. The van der Waals surface area contributed by atoms with E-state index in [2.05, 4.69) is 38.2 Å². The molecule has 0 aromatic heterocycles. The molecule has 2 heteroatoms. The van der Waals surface area contributed by atoms with E-state index < -0.39 is 0 Å². The number of aryl methyl sites for hydroxylation is 1. The Bertz CT molecular complexity index is 418. The SMILES string of the molecule is CCCCCCCOCC[N+]1(C)CCCc2ccccc21. The minimum atomic E-state index is 0.888. The highest BCUT2D eigenvalue weighted by molar-refractivity contribution is 5.51. The molecular weight excluding hydrogens is 258 g/mol. The molecule has 0 amide bonds. The van der Waals surface area contributed by atoms with Crippen LogP contribution in [0.15, 0.2) is 24.3 Å². The Morgan fingerprint density at radius 1 is 1.05 bits per heavy atom. The highest BCUT2D eigenvalue weighted by atomic mass is 16.5. The molecular formula is C19H32NO+. The maximum atomic E-state index is 5.88. The van der Waals surface area contributed by atoms with Crippen molar-refractivity contribution in [2.45, 2.75) is 51.9 Å². The van der Waals surface area contributed by atoms with Gasteiger partial charge in [-0.25, -0.2) is 0 Å². The zero-order valence-electron chi connectivity index (χ0n) is 13.9. The molecule has 0 spiro atoms. The van der Waals surface area contributed by atoms with Gasteiger partial charge in [-0.15, -0.1) is 0 Å². The number of rotatable bonds is 9. The number of quaternary nitrogens is 1. The zero-order chi connectivity index (χ0) is 15.0. The van der Waals surface area contributed by atoms with Crippen LogP contribution in [0.3, 0.4) is 0 Å². The fraction of sp³-hybridized carbons (Fsp3) is 0.684. The van der Waals surface area contributed by atoms with E-state index in [1.807, 2.05) is 0 Å². The molecule has 0 N–H and O–H groups in total. The number of hydrogen-bond acceptors (Lipinski definition) is 1. The number of nitrogens with zero attached hydrogens (tertiary/aromatic N) is 1. The highest BCUT2D eigenvalue weighted by Gasteiger charge is 2.30. The summed E-state index contributed by atoms with van der Waals surface area (Å²) in [5.74, 6) is 0. The quantitative estimate of drug-likeness (QED) is 0.478. The molecule has 1 aromatic rings. The van der Waals surface area contributed by atoms with E-state index in [1.54, 1.807) is 0 Å². The summed E-state index contributed by atoms with van der Waals surface area (Å²) in [5.41, 5.74) is 3.04. The Labute approximate surface area is 130 Å². The summed E-state index contributed by atoms with van der Waals surface area (Å²) in [7, 11) is 2.36. The van der Waals surface area contributed by atoms with Gasteiger partial charge in [-0.3, -0.25) is 4.48 Å². The van der Waals surface area contributed by atoms with Crippen LogP contribution in [0.25, 0.3) is 0 Å². The van der Waals surface area contributed by atoms with Crippen LogP contribution in [0, 0.1) is 0 Å². The van der Waals surface area contributed by atoms with E-state index in [4.69, 9.17) is 4.74 Å². The van der Waals surface area contributed by atoms with Gasteiger partial charge in [-0.2, -0.15) is 0 Å². The fourth-order valence-corrected chi connectivity index (χ4v) is 3.40. The number of unbranched alkanes of at least 4 members (excludes halogenated alkanes) is 4. The molecule has 1 aliphatic heterocycles. The first-order valence-corrected chi connectivity index (χ1v) is 8.77. The van der Waals surface area contributed by atoms with E-state index in [0.717, 1.165) is 24.2 Å². The van der Waals surface area contributed by atoms with Gasteiger partial charge in [0.15, 0.2) is 0 Å². The van der Waals surface area contributed by atoms with Crippen molar-refractivity contribution in [3.8, 4) is 0 Å². The van der Waals surface area contributed by atoms with E-state index >= 15 is 0 Å². The van der Waals surface area contributed by atoms with Crippen LogP contribution in [-0.4, -0.2) is 33.4 Å². The van der Waals surface area contributed by atoms with Crippen LogP contribution in [0.2, 0.25) is 0 Å². The van der Waals surface area contributed by atoms with Crippen LogP contribution in [-0.2, 0) is 11.2 Å². The summed E-state index contributed by atoms with van der Waals surface area (Å²) in [6.45, 7) is 6.43. The van der Waals surface area contributed by atoms with Gasteiger partial charge >= 0.3 is 0 Å². The van der Waals surface area contributed by atoms with Gasteiger partial charge < -0.3 is 4.74 Å². The Morgan fingerprint density at radius 2 is 1.86 bits per heavy atom. The minimum absolute atomic E-state index is 0.888. The molecule has 0 radical (unpaired) electrons. The molecule has 1 heterocycles. The number of ether oxygens (including phenoxy) is 1. The summed E-state index contributed by atoms with van der Waals surface area (Å²) < 4.78 is 6.93. The fourth-order valence-electron chi connectivity index (χ4n) is 3.40. The van der Waals surface area contributed by atoms with Crippen molar-refractivity contribution in [1.29, 1.82) is 0 Å². The Kier molecular flexibility index (Phi) is 6.72. The average Bonchev–Trinajstić information content (AvgIpc) is 2.50. The van der Waals surface area contributed by atoms with Crippen molar-refractivity contribution in [3.05, 3.63) is 29.8 Å². The van der Waals surface area contributed by atoms with Crippen molar-refractivity contribution in [3.63, 3.8) is 0 Å². The first-order chi connectivity index (χ1) is 10.3. The summed E-state index contributed by atoms with van der Waals surface area (Å²) in [6.07, 6.45) is 9.12. The van der Waals surface area contributed by atoms with E-state index in [0.29, 0.717) is 0 Å². The minimum Gasteiger partial charge on any atom is -0.376 e. The third kappa shape index (κ3) is 4.82. The molecule has 1 atom stereocenters. The lowest BCUT2D eigenvalue weighted by atomic mass is 10.00. The summed E-state index contributed by atoms with van der Waals surface area (Å²) in [4.78, 5) is 0. The normalized spacial score (nSPS) is 21.2. The first-order valence-electron chi connectivity index (χ1n) is 8.77. The molecule has 21 heavy (non-hydrogen) atoms. The molecule has 0 fully saturated rings. The largest absolute Gasteiger partial charge is 0.376 e. The third-order valence-corrected chi connectivity index (χ3v) is 4.79. The van der Waals surface area contributed by atoms with E-state index in [9.17, 15) is 0 Å². The second-order valence-corrected chi connectivity index (χ2v) is 6.60. The van der Waals surface area contributed by atoms with Gasteiger partial charge in [0.05, 0.1) is 20.2 Å². The second kappa shape index (κ2) is 8.55. The summed E-state index contributed by atoms with van der Waals surface area (Å²) >= 11 is 0. The molecule has 118 valence electrons. The van der Waals surface area contributed by atoms with E-state index in [1.165, 1.54) is 62.7 Å². The van der Waals surface area contributed by atoms with Crippen molar-refractivity contribution in [1.82, 2.24) is 4.48 Å². The lowest BCUT2D eigenvalue weighted by molar-refractivity contribution is 0.107. The average molecular weight is 290 g/mol. The van der Waals surface area contributed by atoms with E-state index in [-0.39, 0.29) is 0 Å². The predicted molar refractivity (Wildman–Crippen MR) is 91.8 cm³/mol. The van der Waals surface area contributed by atoms with Crippen molar-refractivity contribution >= 4 is 5.69 Å². The van der Waals surface area contributed by atoms with Crippen molar-refractivity contribution in [2.24, 2.45) is 0 Å². The first kappa shape index (κ1) is 16.5. The van der Waals surface area contributed by atoms with Crippen LogP contribution < -0.4 is 4.48 Å². The van der Waals surface area contributed by atoms with Gasteiger partial charge in [-0.05, 0) is 18.9 Å². The number of para-hydroxylation sites is 1. The molecule has 1 aliphatic rings. The lowest BCUT2D eigenvalue weighted by Crippen LogP contribution is -2.50. The Balaban J connectivity index is 1.71. The zero-order valence-corrected chi connectivity index (χ0v) is 13.9. The Morgan fingerprint density at radius 3 is 2.71 bits per heavy atom. The van der Waals surface area contributed by atoms with Crippen molar-refractivity contribution < 1.29 is 4.74 Å². The smallest absolute Gasteiger partial charge is 0.135 e. The molecule has 0 saturated heterocycles. The summed E-state index contributed by atoms with van der Waals surface area (Å²) in [6, 6.07) is 8.94. The number of likely N-dealkylation sites (N-methyl/N-ethyl adjacent to an activating group) is 1. The topological polar surface area (TPSA) is 9.23 Å². The summed E-state index contributed by atoms with van der Waals surface area (Å²) in [5, 5.41) is 0. The molecule has 1 unspecified atom stereocenters. The third-order valence-electron chi connectivity index (χ3n) is 4.79. The van der Waals surface area contributed by atoms with Gasteiger partial charge in [0.2, 0.25) is 0 Å². The van der Waals surface area contributed by atoms with Gasteiger partial charge in [0, 0.05) is 18.6 Å². The molecule has 0 saturated carbocycles. The van der Waals surface area contributed by atoms with Crippen LogP contribution >= 0.6 is 0 Å². The molecule has 0 bridgehead atoms. The van der Waals surface area contributed by atoms with Crippen LogP contribution in [0.1, 0.15) is 51.0 Å². The maximum absolute atomic E-state index is 5.88. The van der Waals surface area contributed by atoms with Crippen molar-refractivity contribution in [2.75, 3.05) is 33.4 Å². The van der Waals surface area contributed by atoms with Gasteiger partial charge in [0.1, 0.15) is 12.2 Å². The number of benzene rings is 1. The van der Waals surface area contributed by atoms with Gasteiger partial charge in [-0.1, -0.05) is 50.8 Å². The molecule has 1 aromatic carbocycles. The Hall–Kier alpha value is -0.860.